The van der Waals surface area contributed by atoms with Gasteiger partial charge >= 0.3 is 5.97 Å². The highest BCUT2D eigenvalue weighted by Gasteiger charge is 2.09. The summed E-state index contributed by atoms with van der Waals surface area (Å²) in [6.07, 6.45) is 4.82. The standard InChI is InChI=1S/C8H8N4O2/c13-8(14)3-7-5-10-11-12(7)6-1-2-9-4-6/h1-2,4-5,9H,3H2,(H,13,14). The van der Waals surface area contributed by atoms with Crippen molar-refractivity contribution in [2.75, 3.05) is 0 Å². The smallest absolute Gasteiger partial charge is 0.309 e. The number of nitrogens with one attached hydrogen (secondary N) is 1. The zero-order valence-electron chi connectivity index (χ0n) is 7.21. The van der Waals surface area contributed by atoms with Crippen molar-refractivity contribution in [3.63, 3.8) is 0 Å². The van der Waals surface area contributed by atoms with Gasteiger partial charge in [-0.1, -0.05) is 5.21 Å². The van der Waals surface area contributed by atoms with Crippen molar-refractivity contribution in [1.82, 2.24) is 20.0 Å². The molecule has 14 heavy (non-hydrogen) atoms. The van der Waals surface area contributed by atoms with Crippen LogP contribution in [0.25, 0.3) is 5.69 Å². The molecule has 0 aliphatic carbocycles. The van der Waals surface area contributed by atoms with Crippen LogP contribution in [0.2, 0.25) is 0 Å². The molecule has 0 aromatic carbocycles. The monoisotopic (exact) mass is 192 g/mol. The first kappa shape index (κ1) is 8.49. The summed E-state index contributed by atoms with van der Waals surface area (Å²) in [5.74, 6) is -0.899. The lowest BCUT2D eigenvalue weighted by Crippen LogP contribution is -2.07. The van der Waals surface area contributed by atoms with E-state index in [0.29, 0.717) is 5.69 Å². The largest absolute Gasteiger partial charge is 0.481 e. The molecule has 0 bridgehead atoms. The van der Waals surface area contributed by atoms with E-state index in [1.807, 2.05) is 0 Å². The first-order valence-corrected chi connectivity index (χ1v) is 4.02. The average molecular weight is 192 g/mol. The number of carboxylic acids is 1. The fourth-order valence-electron chi connectivity index (χ4n) is 1.20. The topological polar surface area (TPSA) is 83.8 Å². The number of hydrogen-bond acceptors (Lipinski definition) is 3. The Bertz CT molecular complexity index is 432. The summed E-state index contributed by atoms with van der Waals surface area (Å²) in [6, 6.07) is 1.79. The van der Waals surface area contributed by atoms with Gasteiger partial charge in [-0.05, 0) is 6.07 Å². The lowest BCUT2D eigenvalue weighted by molar-refractivity contribution is -0.136. The Kier molecular flexibility index (Phi) is 2.02. The van der Waals surface area contributed by atoms with Gasteiger partial charge in [0.1, 0.15) is 0 Å². The normalized spacial score (nSPS) is 10.3. The molecule has 2 N–H and O–H groups in total. The van der Waals surface area contributed by atoms with E-state index in [4.69, 9.17) is 5.11 Å². The number of aromatic nitrogens is 4. The van der Waals surface area contributed by atoms with Crippen LogP contribution in [0.15, 0.2) is 24.7 Å². The lowest BCUT2D eigenvalue weighted by Gasteiger charge is -1.99. The average Bonchev–Trinajstić information content (AvgIpc) is 2.70. The highest BCUT2D eigenvalue weighted by atomic mass is 16.4. The predicted octanol–water partition coefficient (Wildman–Crippen LogP) is 0.222. The second-order valence-corrected chi connectivity index (χ2v) is 2.78. The third-order valence-electron chi connectivity index (χ3n) is 1.78. The SMILES string of the molecule is O=C(O)Cc1cnnn1-c1cc[nH]c1. The quantitative estimate of drug-likeness (QED) is 0.728. The van der Waals surface area contributed by atoms with E-state index >= 15 is 0 Å². The van der Waals surface area contributed by atoms with Crippen LogP contribution >= 0.6 is 0 Å². The van der Waals surface area contributed by atoms with Crippen molar-refractivity contribution in [3.05, 3.63) is 30.4 Å². The van der Waals surface area contributed by atoms with Gasteiger partial charge in [0.25, 0.3) is 0 Å². The molecule has 0 radical (unpaired) electrons. The minimum atomic E-state index is -0.899. The molecule has 0 unspecified atom stereocenters. The maximum Gasteiger partial charge on any atom is 0.309 e. The van der Waals surface area contributed by atoms with Gasteiger partial charge in [0.2, 0.25) is 0 Å². The van der Waals surface area contributed by atoms with Crippen molar-refractivity contribution in [1.29, 1.82) is 0 Å². The van der Waals surface area contributed by atoms with Crippen LogP contribution in [0.3, 0.4) is 0 Å². The predicted molar refractivity (Wildman–Crippen MR) is 47.0 cm³/mol. The molecule has 2 aromatic rings. The molecular formula is C8H8N4O2. The second kappa shape index (κ2) is 3.33. The van der Waals surface area contributed by atoms with Crippen molar-refractivity contribution in [3.8, 4) is 5.69 Å². The maximum atomic E-state index is 10.5. The highest BCUT2D eigenvalue weighted by Crippen LogP contribution is 2.08. The number of rotatable bonds is 3. The van der Waals surface area contributed by atoms with Crippen molar-refractivity contribution < 1.29 is 9.90 Å². The molecule has 6 heteroatoms. The van der Waals surface area contributed by atoms with Crippen LogP contribution in [0, 0.1) is 0 Å². The number of hydrogen-bond donors (Lipinski definition) is 2. The van der Waals surface area contributed by atoms with Gasteiger partial charge in [0, 0.05) is 12.4 Å². The van der Waals surface area contributed by atoms with E-state index in [1.54, 1.807) is 18.5 Å². The van der Waals surface area contributed by atoms with Crippen LogP contribution < -0.4 is 0 Å². The summed E-state index contributed by atoms with van der Waals surface area (Å²) in [7, 11) is 0. The first-order chi connectivity index (χ1) is 6.77. The Hall–Kier alpha value is -2.11. The van der Waals surface area contributed by atoms with Crippen LogP contribution in [-0.4, -0.2) is 31.1 Å². The molecule has 72 valence electrons. The molecule has 0 aliphatic rings. The van der Waals surface area contributed by atoms with Gasteiger partial charge < -0.3 is 10.1 Å². The Morgan fingerprint density at radius 2 is 2.50 bits per heavy atom. The minimum absolute atomic E-state index is 0.0851. The van der Waals surface area contributed by atoms with Crippen molar-refractivity contribution in [2.45, 2.75) is 6.42 Å². The van der Waals surface area contributed by atoms with Gasteiger partial charge in [0.15, 0.2) is 0 Å². The van der Waals surface area contributed by atoms with Gasteiger partial charge in [-0.25, -0.2) is 4.68 Å². The molecule has 0 aliphatic heterocycles. The van der Waals surface area contributed by atoms with E-state index in [1.165, 1.54) is 10.9 Å². The zero-order valence-corrected chi connectivity index (χ0v) is 7.21. The number of nitrogens with zero attached hydrogens (tertiary/aromatic N) is 3. The van der Waals surface area contributed by atoms with Crippen molar-refractivity contribution >= 4 is 5.97 Å². The molecule has 6 nitrogen and oxygen atoms in total. The molecule has 0 amide bonds. The van der Waals surface area contributed by atoms with Crippen LogP contribution in [0.1, 0.15) is 5.69 Å². The summed E-state index contributed by atoms with van der Waals surface area (Å²) in [6.45, 7) is 0. The summed E-state index contributed by atoms with van der Waals surface area (Å²) in [4.78, 5) is 13.4. The molecule has 2 heterocycles. The van der Waals surface area contributed by atoms with E-state index in [0.717, 1.165) is 5.69 Å². The molecule has 0 atom stereocenters. The summed E-state index contributed by atoms with van der Waals surface area (Å²) in [5.41, 5.74) is 1.33. The van der Waals surface area contributed by atoms with E-state index in [9.17, 15) is 4.79 Å². The number of carbonyl (C=O) groups is 1. The second-order valence-electron chi connectivity index (χ2n) is 2.78. The summed E-state index contributed by atoms with van der Waals surface area (Å²) < 4.78 is 1.49. The molecule has 0 saturated heterocycles. The Morgan fingerprint density at radius 1 is 1.64 bits per heavy atom. The van der Waals surface area contributed by atoms with Gasteiger partial charge in [-0.2, -0.15) is 0 Å². The highest BCUT2D eigenvalue weighted by molar-refractivity contribution is 5.69. The van der Waals surface area contributed by atoms with Gasteiger partial charge in [-0.3, -0.25) is 4.79 Å². The van der Waals surface area contributed by atoms with E-state index in [-0.39, 0.29) is 6.42 Å². The van der Waals surface area contributed by atoms with Gasteiger partial charge in [-0.15, -0.1) is 5.10 Å². The Balaban J connectivity index is 2.35. The summed E-state index contributed by atoms with van der Waals surface area (Å²) in [5, 5.41) is 16.1. The molecule has 2 aromatic heterocycles. The summed E-state index contributed by atoms with van der Waals surface area (Å²) >= 11 is 0. The number of aliphatic carboxylic acids is 1. The van der Waals surface area contributed by atoms with Crippen LogP contribution in [0.4, 0.5) is 0 Å². The third kappa shape index (κ3) is 1.49. The molecule has 0 fully saturated rings. The van der Waals surface area contributed by atoms with Crippen molar-refractivity contribution in [2.24, 2.45) is 0 Å². The Labute approximate surface area is 79.2 Å². The molecule has 2 rings (SSSR count). The molecule has 0 spiro atoms. The Morgan fingerprint density at radius 3 is 3.14 bits per heavy atom. The van der Waals surface area contributed by atoms with Crippen LogP contribution in [0.5, 0.6) is 0 Å². The maximum absolute atomic E-state index is 10.5. The fourth-order valence-corrected chi connectivity index (χ4v) is 1.20. The minimum Gasteiger partial charge on any atom is -0.481 e. The number of aromatic amines is 1. The first-order valence-electron chi connectivity index (χ1n) is 4.02. The van der Waals surface area contributed by atoms with E-state index in [2.05, 4.69) is 15.3 Å². The fraction of sp³-hybridized carbons (Fsp3) is 0.125. The van der Waals surface area contributed by atoms with E-state index < -0.39 is 5.97 Å². The van der Waals surface area contributed by atoms with Crippen LogP contribution in [-0.2, 0) is 11.2 Å². The third-order valence-corrected chi connectivity index (χ3v) is 1.78. The molecular weight excluding hydrogens is 184 g/mol. The number of H-pyrrole nitrogens is 1. The molecule has 0 saturated carbocycles. The van der Waals surface area contributed by atoms with Gasteiger partial charge in [0.05, 0.1) is 24.0 Å². The lowest BCUT2D eigenvalue weighted by atomic mass is 10.3. The number of carboxylic acid groups (broad SMARTS) is 1. The zero-order chi connectivity index (χ0) is 9.97.